The normalized spacial score (nSPS) is 12.0. The predicted octanol–water partition coefficient (Wildman–Crippen LogP) is 1.69. The summed E-state index contributed by atoms with van der Waals surface area (Å²) in [6.07, 6.45) is -0.0972. The number of aliphatic carboxylic acids is 1. The Morgan fingerprint density at radius 3 is 2.47 bits per heavy atom. The third-order valence-corrected chi connectivity index (χ3v) is 2.73. The Morgan fingerprint density at radius 2 is 1.95 bits per heavy atom. The molecule has 0 heterocycles. The van der Waals surface area contributed by atoms with E-state index in [-0.39, 0.29) is 18.9 Å². The van der Waals surface area contributed by atoms with Crippen molar-refractivity contribution in [2.75, 3.05) is 13.6 Å². The molecule has 1 atom stereocenters. The van der Waals surface area contributed by atoms with Crippen molar-refractivity contribution in [1.82, 2.24) is 4.90 Å². The van der Waals surface area contributed by atoms with Gasteiger partial charge in [0.25, 0.3) is 0 Å². The zero-order valence-electron chi connectivity index (χ0n) is 10.7. The second kappa shape index (κ2) is 6.26. The van der Waals surface area contributed by atoms with Crippen LogP contribution in [0.2, 0.25) is 0 Å². The van der Waals surface area contributed by atoms with Gasteiger partial charge in [-0.05, 0) is 17.7 Å². The maximum Gasteiger partial charge on any atom is 0.308 e. The lowest BCUT2D eigenvalue weighted by atomic mass is 10.1. The van der Waals surface area contributed by atoms with Gasteiger partial charge in [0.05, 0.1) is 12.3 Å². The Labute approximate surface area is 109 Å². The molecule has 0 spiro atoms. The summed E-state index contributed by atoms with van der Waals surface area (Å²) in [5.74, 6) is -4.00. The summed E-state index contributed by atoms with van der Waals surface area (Å²) in [6.45, 7) is 1.56. The molecule has 0 radical (unpaired) electrons. The molecule has 1 aromatic carbocycles. The van der Waals surface area contributed by atoms with Crippen LogP contribution in [0, 0.1) is 17.6 Å². The molecule has 0 saturated heterocycles. The highest BCUT2D eigenvalue weighted by atomic mass is 19.2. The quantitative estimate of drug-likeness (QED) is 0.886. The lowest BCUT2D eigenvalue weighted by Gasteiger charge is -2.19. The molecule has 1 aromatic rings. The number of nitrogens with zero attached hydrogens (tertiary/aromatic N) is 1. The molecule has 1 N–H and O–H groups in total. The van der Waals surface area contributed by atoms with Crippen LogP contribution < -0.4 is 0 Å². The van der Waals surface area contributed by atoms with Crippen molar-refractivity contribution in [3.8, 4) is 0 Å². The van der Waals surface area contributed by atoms with E-state index >= 15 is 0 Å². The fourth-order valence-electron chi connectivity index (χ4n) is 1.55. The van der Waals surface area contributed by atoms with Crippen LogP contribution in [-0.2, 0) is 16.0 Å². The number of likely N-dealkylation sites (N-methyl/N-ethyl adjacent to an activating group) is 1. The fraction of sp³-hybridized carbons (Fsp3) is 0.385. The number of hydrogen-bond donors (Lipinski definition) is 1. The van der Waals surface area contributed by atoms with Gasteiger partial charge in [0.2, 0.25) is 5.91 Å². The minimum absolute atomic E-state index is 0.0673. The van der Waals surface area contributed by atoms with Crippen LogP contribution >= 0.6 is 0 Å². The van der Waals surface area contributed by atoms with Crippen molar-refractivity contribution in [2.45, 2.75) is 13.3 Å². The SMILES string of the molecule is CC(CN(C)C(=O)Cc1ccc(F)c(F)c1)C(=O)O. The minimum atomic E-state index is -1.01. The Bertz CT molecular complexity index is 491. The van der Waals surface area contributed by atoms with Gasteiger partial charge in [-0.15, -0.1) is 0 Å². The zero-order valence-corrected chi connectivity index (χ0v) is 10.7. The van der Waals surface area contributed by atoms with E-state index in [1.54, 1.807) is 0 Å². The maximum atomic E-state index is 13.0. The summed E-state index contributed by atoms with van der Waals surface area (Å²) >= 11 is 0. The van der Waals surface area contributed by atoms with Gasteiger partial charge in [-0.2, -0.15) is 0 Å². The van der Waals surface area contributed by atoms with E-state index in [4.69, 9.17) is 5.11 Å². The maximum absolute atomic E-state index is 13.0. The molecule has 4 nitrogen and oxygen atoms in total. The topological polar surface area (TPSA) is 57.6 Å². The Balaban J connectivity index is 2.63. The molecule has 0 saturated carbocycles. The molecule has 0 aliphatic heterocycles. The van der Waals surface area contributed by atoms with Gasteiger partial charge in [-0.3, -0.25) is 9.59 Å². The summed E-state index contributed by atoms with van der Waals surface area (Å²) in [6, 6.07) is 3.24. The Kier molecular flexibility index (Phi) is 4.97. The van der Waals surface area contributed by atoms with Gasteiger partial charge in [0.1, 0.15) is 0 Å². The molecular formula is C13H15F2NO3. The monoisotopic (exact) mass is 271 g/mol. The van der Waals surface area contributed by atoms with Crippen LogP contribution in [0.3, 0.4) is 0 Å². The molecule has 0 fully saturated rings. The van der Waals surface area contributed by atoms with Crippen LogP contribution in [0.1, 0.15) is 12.5 Å². The van der Waals surface area contributed by atoms with Crippen molar-refractivity contribution in [2.24, 2.45) is 5.92 Å². The number of carboxylic acid groups (broad SMARTS) is 1. The number of hydrogen-bond acceptors (Lipinski definition) is 2. The fourth-order valence-corrected chi connectivity index (χ4v) is 1.55. The van der Waals surface area contributed by atoms with Crippen molar-refractivity contribution in [3.63, 3.8) is 0 Å². The lowest BCUT2D eigenvalue weighted by molar-refractivity contribution is -0.142. The summed E-state index contributed by atoms with van der Waals surface area (Å²) in [7, 11) is 1.47. The molecule has 1 rings (SSSR count). The lowest BCUT2D eigenvalue weighted by Crippen LogP contribution is -2.34. The number of benzene rings is 1. The third-order valence-electron chi connectivity index (χ3n) is 2.73. The van der Waals surface area contributed by atoms with E-state index in [9.17, 15) is 18.4 Å². The van der Waals surface area contributed by atoms with E-state index in [0.717, 1.165) is 12.1 Å². The van der Waals surface area contributed by atoms with Gasteiger partial charge in [0, 0.05) is 13.6 Å². The van der Waals surface area contributed by atoms with Crippen molar-refractivity contribution >= 4 is 11.9 Å². The predicted molar refractivity (Wildman–Crippen MR) is 64.5 cm³/mol. The average molecular weight is 271 g/mol. The van der Waals surface area contributed by atoms with Gasteiger partial charge in [0.15, 0.2) is 11.6 Å². The van der Waals surface area contributed by atoms with Crippen molar-refractivity contribution < 1.29 is 23.5 Å². The molecular weight excluding hydrogens is 256 g/mol. The van der Waals surface area contributed by atoms with Crippen molar-refractivity contribution in [3.05, 3.63) is 35.4 Å². The second-order valence-corrected chi connectivity index (χ2v) is 4.44. The largest absolute Gasteiger partial charge is 0.481 e. The number of carbonyl (C=O) groups excluding carboxylic acids is 1. The first kappa shape index (κ1) is 15.1. The van der Waals surface area contributed by atoms with E-state index in [0.29, 0.717) is 5.56 Å². The number of amides is 1. The third kappa shape index (κ3) is 4.31. The van der Waals surface area contributed by atoms with Gasteiger partial charge in [-0.25, -0.2) is 8.78 Å². The number of carboxylic acids is 1. The smallest absolute Gasteiger partial charge is 0.308 e. The highest BCUT2D eigenvalue weighted by Crippen LogP contribution is 2.10. The zero-order chi connectivity index (χ0) is 14.6. The first-order valence-electron chi connectivity index (χ1n) is 5.72. The molecule has 0 aromatic heterocycles. The highest BCUT2D eigenvalue weighted by Gasteiger charge is 2.17. The average Bonchev–Trinajstić information content (AvgIpc) is 2.33. The Hall–Kier alpha value is -1.98. The number of carbonyl (C=O) groups is 2. The molecule has 1 amide bonds. The van der Waals surface area contributed by atoms with Gasteiger partial charge < -0.3 is 10.0 Å². The van der Waals surface area contributed by atoms with Crippen LogP contribution in [0.5, 0.6) is 0 Å². The first-order valence-corrected chi connectivity index (χ1v) is 5.72. The van der Waals surface area contributed by atoms with Gasteiger partial charge >= 0.3 is 5.97 Å². The number of rotatable bonds is 5. The summed E-state index contributed by atoms with van der Waals surface area (Å²) in [5, 5.41) is 8.74. The van der Waals surface area contributed by atoms with Crippen LogP contribution in [0.4, 0.5) is 8.78 Å². The first-order chi connectivity index (χ1) is 8.81. The summed E-state index contributed by atoms with van der Waals surface area (Å²) < 4.78 is 25.7. The van der Waals surface area contributed by atoms with Crippen LogP contribution in [0.25, 0.3) is 0 Å². The second-order valence-electron chi connectivity index (χ2n) is 4.44. The molecule has 19 heavy (non-hydrogen) atoms. The van der Waals surface area contributed by atoms with Crippen molar-refractivity contribution in [1.29, 1.82) is 0 Å². The summed E-state index contributed by atoms with van der Waals surface area (Å²) in [5.41, 5.74) is 0.346. The van der Waals surface area contributed by atoms with E-state index in [1.165, 1.54) is 24.9 Å². The highest BCUT2D eigenvalue weighted by molar-refractivity contribution is 5.79. The standard InChI is InChI=1S/C13H15F2NO3/c1-8(13(18)19)7-16(2)12(17)6-9-3-4-10(14)11(15)5-9/h3-5,8H,6-7H2,1-2H3,(H,18,19). The number of halogens is 2. The van der Waals surface area contributed by atoms with Crippen LogP contribution in [-0.4, -0.2) is 35.5 Å². The Morgan fingerprint density at radius 1 is 1.32 bits per heavy atom. The molecule has 6 heteroatoms. The molecule has 104 valence electrons. The molecule has 0 aliphatic carbocycles. The minimum Gasteiger partial charge on any atom is -0.481 e. The molecule has 0 aliphatic rings. The van der Waals surface area contributed by atoms with Gasteiger partial charge in [-0.1, -0.05) is 13.0 Å². The molecule has 0 bridgehead atoms. The van der Waals surface area contributed by atoms with E-state index in [2.05, 4.69) is 0 Å². The van der Waals surface area contributed by atoms with Crippen LogP contribution in [0.15, 0.2) is 18.2 Å². The van der Waals surface area contributed by atoms with E-state index in [1.807, 2.05) is 0 Å². The van der Waals surface area contributed by atoms with E-state index < -0.39 is 23.5 Å². The molecule has 1 unspecified atom stereocenters. The summed E-state index contributed by atoms with van der Waals surface area (Å²) in [4.78, 5) is 23.7.